The third-order valence-corrected chi connectivity index (χ3v) is 6.04. The molecule has 0 bridgehead atoms. The molecule has 0 amide bonds. The normalized spacial score (nSPS) is 22.6. The quantitative estimate of drug-likeness (QED) is 0.775. The third kappa shape index (κ3) is 3.78. The summed E-state index contributed by atoms with van der Waals surface area (Å²) >= 11 is 1.49. The fraction of sp³-hybridized carbons (Fsp3) is 0.692. The van der Waals surface area contributed by atoms with Crippen molar-refractivity contribution >= 4 is 21.4 Å². The molecule has 1 aromatic rings. The largest absolute Gasteiger partial charge is 0.312 e. The van der Waals surface area contributed by atoms with Gasteiger partial charge in [-0.25, -0.2) is 13.1 Å². The van der Waals surface area contributed by atoms with Crippen molar-refractivity contribution in [3.05, 3.63) is 16.3 Å². The van der Waals surface area contributed by atoms with E-state index >= 15 is 0 Å². The first-order valence-electron chi connectivity index (χ1n) is 6.88. The summed E-state index contributed by atoms with van der Waals surface area (Å²) in [4.78, 5) is 1.34. The standard InChI is InChI=1S/C13H22N2O2S2/c1-3-5-10-8-11(10)15-19(16,17)13-6-7-18-12(13)9-14-4-2/h6-7,10-11,14-15H,3-5,8-9H2,1-2H3. The van der Waals surface area contributed by atoms with Crippen LogP contribution in [0.25, 0.3) is 0 Å². The van der Waals surface area contributed by atoms with Crippen molar-refractivity contribution in [1.29, 1.82) is 0 Å². The van der Waals surface area contributed by atoms with Crippen LogP contribution >= 0.6 is 11.3 Å². The van der Waals surface area contributed by atoms with Gasteiger partial charge in [0.05, 0.1) is 4.90 Å². The van der Waals surface area contributed by atoms with Crippen LogP contribution < -0.4 is 10.0 Å². The number of nitrogens with one attached hydrogen (secondary N) is 2. The Balaban J connectivity index is 2.02. The molecule has 6 heteroatoms. The highest BCUT2D eigenvalue weighted by atomic mass is 32.2. The van der Waals surface area contributed by atoms with Crippen LogP contribution in [0, 0.1) is 5.92 Å². The van der Waals surface area contributed by atoms with E-state index in [0.29, 0.717) is 17.4 Å². The first-order chi connectivity index (χ1) is 9.08. The molecule has 2 N–H and O–H groups in total. The summed E-state index contributed by atoms with van der Waals surface area (Å²) < 4.78 is 27.5. The minimum Gasteiger partial charge on any atom is -0.312 e. The van der Waals surface area contributed by atoms with E-state index < -0.39 is 10.0 Å². The van der Waals surface area contributed by atoms with Gasteiger partial charge in [-0.05, 0) is 36.8 Å². The highest BCUT2D eigenvalue weighted by molar-refractivity contribution is 7.89. The zero-order chi connectivity index (χ0) is 13.9. The van der Waals surface area contributed by atoms with E-state index in [9.17, 15) is 8.42 Å². The molecule has 0 radical (unpaired) electrons. The van der Waals surface area contributed by atoms with Gasteiger partial charge in [-0.1, -0.05) is 20.3 Å². The maximum absolute atomic E-state index is 12.3. The summed E-state index contributed by atoms with van der Waals surface area (Å²) in [6.07, 6.45) is 3.22. The Morgan fingerprint density at radius 1 is 1.42 bits per heavy atom. The lowest BCUT2D eigenvalue weighted by Gasteiger charge is -2.07. The van der Waals surface area contributed by atoms with E-state index in [1.165, 1.54) is 11.3 Å². The van der Waals surface area contributed by atoms with Gasteiger partial charge >= 0.3 is 0 Å². The summed E-state index contributed by atoms with van der Waals surface area (Å²) in [5, 5.41) is 5.02. The molecule has 19 heavy (non-hydrogen) atoms. The maximum Gasteiger partial charge on any atom is 0.241 e. The van der Waals surface area contributed by atoms with Crippen molar-refractivity contribution in [2.24, 2.45) is 5.92 Å². The highest BCUT2D eigenvalue weighted by Gasteiger charge is 2.39. The molecule has 1 saturated carbocycles. The van der Waals surface area contributed by atoms with Crippen LogP contribution in [0.3, 0.4) is 0 Å². The van der Waals surface area contributed by atoms with Gasteiger partial charge in [0.2, 0.25) is 10.0 Å². The molecule has 2 rings (SSSR count). The van der Waals surface area contributed by atoms with Crippen LogP contribution in [-0.4, -0.2) is 21.0 Å². The monoisotopic (exact) mass is 302 g/mol. The molecule has 2 unspecified atom stereocenters. The Hall–Kier alpha value is -0.430. The van der Waals surface area contributed by atoms with Gasteiger partial charge in [0.25, 0.3) is 0 Å². The van der Waals surface area contributed by atoms with E-state index in [2.05, 4.69) is 17.0 Å². The van der Waals surface area contributed by atoms with Gasteiger partial charge in [-0.3, -0.25) is 0 Å². The van der Waals surface area contributed by atoms with Gasteiger partial charge in [0, 0.05) is 17.5 Å². The first-order valence-corrected chi connectivity index (χ1v) is 9.24. The molecule has 1 heterocycles. The Kier molecular flexibility index (Phi) is 5.00. The lowest BCUT2D eigenvalue weighted by atomic mass is 10.2. The minimum atomic E-state index is -3.35. The average molecular weight is 302 g/mol. The third-order valence-electron chi connectivity index (χ3n) is 3.42. The van der Waals surface area contributed by atoms with Crippen LogP contribution in [0.1, 0.15) is 38.0 Å². The highest BCUT2D eigenvalue weighted by Crippen LogP contribution is 2.36. The van der Waals surface area contributed by atoms with Crippen LogP contribution in [0.2, 0.25) is 0 Å². The summed E-state index contributed by atoms with van der Waals surface area (Å²) in [5.41, 5.74) is 0. The molecule has 0 spiro atoms. The second-order valence-corrected chi connectivity index (χ2v) is 7.68. The second-order valence-electron chi connectivity index (χ2n) is 5.00. The molecule has 0 saturated heterocycles. The van der Waals surface area contributed by atoms with Gasteiger partial charge < -0.3 is 5.32 Å². The number of hydrogen-bond donors (Lipinski definition) is 2. The lowest BCUT2D eigenvalue weighted by molar-refractivity contribution is 0.571. The maximum atomic E-state index is 12.3. The summed E-state index contributed by atoms with van der Waals surface area (Å²) in [6, 6.07) is 1.86. The van der Waals surface area contributed by atoms with Crippen molar-refractivity contribution in [3.8, 4) is 0 Å². The summed E-state index contributed by atoms with van der Waals surface area (Å²) in [7, 11) is -3.35. The summed E-state index contributed by atoms with van der Waals surface area (Å²) in [6.45, 7) is 5.61. The van der Waals surface area contributed by atoms with Gasteiger partial charge in [-0.15, -0.1) is 11.3 Å². The molecule has 1 aromatic heterocycles. The predicted octanol–water partition coefficient (Wildman–Crippen LogP) is 2.32. The van der Waals surface area contributed by atoms with Crippen LogP contribution in [0.4, 0.5) is 0 Å². The molecule has 1 aliphatic carbocycles. The number of hydrogen-bond acceptors (Lipinski definition) is 4. The molecule has 1 aliphatic rings. The fourth-order valence-electron chi connectivity index (χ4n) is 2.28. The molecular formula is C13H22N2O2S2. The molecule has 4 nitrogen and oxygen atoms in total. The number of rotatable bonds is 8. The van der Waals surface area contributed by atoms with E-state index in [1.807, 2.05) is 12.3 Å². The smallest absolute Gasteiger partial charge is 0.241 e. The van der Waals surface area contributed by atoms with Gasteiger partial charge in [0.15, 0.2) is 0 Å². The molecular weight excluding hydrogens is 280 g/mol. The van der Waals surface area contributed by atoms with Crippen LogP contribution in [0.5, 0.6) is 0 Å². The van der Waals surface area contributed by atoms with Crippen LogP contribution in [0.15, 0.2) is 16.3 Å². The Morgan fingerprint density at radius 3 is 2.89 bits per heavy atom. The fourth-order valence-corrected chi connectivity index (χ4v) is 5.01. The zero-order valence-electron chi connectivity index (χ0n) is 11.5. The molecule has 2 atom stereocenters. The van der Waals surface area contributed by atoms with Crippen LogP contribution in [-0.2, 0) is 16.6 Å². The van der Waals surface area contributed by atoms with E-state index in [1.54, 1.807) is 6.07 Å². The lowest BCUT2D eigenvalue weighted by Crippen LogP contribution is -2.28. The van der Waals surface area contributed by atoms with Gasteiger partial charge in [0.1, 0.15) is 0 Å². The Morgan fingerprint density at radius 2 is 2.21 bits per heavy atom. The van der Waals surface area contributed by atoms with E-state index in [0.717, 1.165) is 30.7 Å². The Labute approximate surface area is 119 Å². The molecule has 0 aromatic carbocycles. The van der Waals surface area contributed by atoms with E-state index in [-0.39, 0.29) is 6.04 Å². The minimum absolute atomic E-state index is 0.150. The zero-order valence-corrected chi connectivity index (χ0v) is 13.1. The van der Waals surface area contributed by atoms with Crippen molar-refractivity contribution < 1.29 is 8.42 Å². The topological polar surface area (TPSA) is 58.2 Å². The van der Waals surface area contributed by atoms with Crippen molar-refractivity contribution in [2.75, 3.05) is 6.54 Å². The number of sulfonamides is 1. The summed E-state index contributed by atoms with van der Waals surface area (Å²) in [5.74, 6) is 0.538. The molecule has 108 valence electrons. The SMILES string of the molecule is CCCC1CC1NS(=O)(=O)c1ccsc1CNCC. The van der Waals surface area contributed by atoms with Gasteiger partial charge in [-0.2, -0.15) is 0 Å². The van der Waals surface area contributed by atoms with Crippen molar-refractivity contribution in [2.45, 2.75) is 50.6 Å². The molecule has 0 aliphatic heterocycles. The number of thiophene rings is 1. The van der Waals surface area contributed by atoms with Crippen molar-refractivity contribution in [1.82, 2.24) is 10.0 Å². The molecule has 1 fully saturated rings. The average Bonchev–Trinajstić information content (AvgIpc) is 2.91. The predicted molar refractivity (Wildman–Crippen MR) is 78.8 cm³/mol. The van der Waals surface area contributed by atoms with Crippen molar-refractivity contribution in [3.63, 3.8) is 0 Å². The Bertz CT molecular complexity index is 510. The first kappa shape index (κ1) is 15.0. The van der Waals surface area contributed by atoms with E-state index in [4.69, 9.17) is 0 Å². The second kappa shape index (κ2) is 6.35.